The number of aromatic nitrogens is 2. The van der Waals surface area contributed by atoms with Crippen LogP contribution in [0, 0.1) is 0 Å². The highest BCUT2D eigenvalue weighted by Crippen LogP contribution is 2.28. The fourth-order valence-electron chi connectivity index (χ4n) is 3.54. The molecule has 0 atom stereocenters. The predicted molar refractivity (Wildman–Crippen MR) is 110 cm³/mol. The van der Waals surface area contributed by atoms with Crippen LogP contribution < -0.4 is 5.32 Å². The van der Waals surface area contributed by atoms with Crippen molar-refractivity contribution in [3.8, 4) is 0 Å². The molecule has 0 aliphatic carbocycles. The van der Waals surface area contributed by atoms with E-state index >= 15 is 0 Å². The van der Waals surface area contributed by atoms with Crippen LogP contribution >= 0.6 is 11.3 Å². The lowest BCUT2D eigenvalue weighted by molar-refractivity contribution is -0.136. The fraction of sp³-hybridized carbons (Fsp3) is 0.500. The van der Waals surface area contributed by atoms with Gasteiger partial charge in [-0.05, 0) is 39.8 Å². The number of anilines is 1. The van der Waals surface area contributed by atoms with Crippen LogP contribution in [0.25, 0.3) is 0 Å². The molecule has 150 valence electrons. The topological polar surface area (TPSA) is 78.4 Å². The van der Waals surface area contributed by atoms with Crippen LogP contribution in [0.15, 0.2) is 24.4 Å². The highest BCUT2D eigenvalue weighted by atomic mass is 32.1. The number of nitrogens with one attached hydrogen (secondary N) is 1. The number of hydrogen-bond acceptors (Lipinski definition) is 6. The second-order valence-corrected chi connectivity index (χ2v) is 8.59. The molecule has 3 heterocycles. The number of rotatable bonds is 6. The van der Waals surface area contributed by atoms with Crippen LogP contribution in [0.3, 0.4) is 0 Å². The first-order chi connectivity index (χ1) is 13.3. The maximum absolute atomic E-state index is 12.7. The van der Waals surface area contributed by atoms with Gasteiger partial charge in [0.25, 0.3) is 5.91 Å². The van der Waals surface area contributed by atoms with Gasteiger partial charge in [-0.15, -0.1) is 11.3 Å². The molecule has 0 aromatic carbocycles. The number of amides is 2. The van der Waals surface area contributed by atoms with Crippen molar-refractivity contribution < 1.29 is 9.59 Å². The van der Waals surface area contributed by atoms with Gasteiger partial charge in [-0.1, -0.05) is 6.07 Å². The van der Waals surface area contributed by atoms with Crippen LogP contribution in [-0.2, 0) is 17.8 Å². The van der Waals surface area contributed by atoms with Gasteiger partial charge < -0.3 is 4.90 Å². The molecular weight excluding hydrogens is 374 g/mol. The monoisotopic (exact) mass is 401 g/mol. The number of nitrogens with zero attached hydrogens (tertiary/aromatic N) is 4. The third kappa shape index (κ3) is 4.74. The summed E-state index contributed by atoms with van der Waals surface area (Å²) in [5.74, 6) is -0.107. The molecule has 0 spiro atoms. The first kappa shape index (κ1) is 20.4. The third-order valence-electron chi connectivity index (χ3n) is 4.69. The molecule has 0 radical (unpaired) electrons. The van der Waals surface area contributed by atoms with E-state index in [1.807, 2.05) is 32.6 Å². The number of thiazole rings is 1. The minimum absolute atomic E-state index is 0.154. The Labute approximate surface area is 169 Å². The summed E-state index contributed by atoms with van der Waals surface area (Å²) < 4.78 is 0. The summed E-state index contributed by atoms with van der Waals surface area (Å²) in [5.41, 5.74) is 1.37. The van der Waals surface area contributed by atoms with Crippen molar-refractivity contribution in [2.24, 2.45) is 0 Å². The van der Waals surface area contributed by atoms with E-state index in [-0.39, 0.29) is 23.9 Å². The molecule has 2 aromatic heterocycles. The van der Waals surface area contributed by atoms with E-state index in [9.17, 15) is 9.59 Å². The van der Waals surface area contributed by atoms with Crippen LogP contribution in [0.4, 0.5) is 5.13 Å². The maximum atomic E-state index is 12.7. The van der Waals surface area contributed by atoms with E-state index in [1.54, 1.807) is 24.4 Å². The summed E-state index contributed by atoms with van der Waals surface area (Å²) in [4.78, 5) is 38.8. The number of hydrogen-bond donors (Lipinski definition) is 1. The average Bonchev–Trinajstić information content (AvgIpc) is 3.03. The Kier molecular flexibility index (Phi) is 6.41. The standard InChI is InChI=1S/C20H27N5O2S/c1-13(2)25(14(3)4)18(26)12-24-10-8-15-17(11-24)28-20(22-15)23-19(27)16-7-5-6-9-21-16/h5-7,9,13-14H,8,10-12H2,1-4H3,(H,22,23,27). The number of fused-ring (bicyclic) bond motifs is 1. The molecule has 0 unspecified atom stereocenters. The zero-order chi connectivity index (χ0) is 20.3. The summed E-state index contributed by atoms with van der Waals surface area (Å²) in [5, 5.41) is 3.41. The van der Waals surface area contributed by atoms with Gasteiger partial charge in [-0.3, -0.25) is 24.8 Å². The molecule has 8 heteroatoms. The van der Waals surface area contributed by atoms with Crippen molar-refractivity contribution in [1.29, 1.82) is 0 Å². The van der Waals surface area contributed by atoms with E-state index in [2.05, 4.69) is 20.2 Å². The highest BCUT2D eigenvalue weighted by molar-refractivity contribution is 7.15. The summed E-state index contributed by atoms with van der Waals surface area (Å²) in [6, 6.07) is 5.59. The molecular formula is C20H27N5O2S. The van der Waals surface area contributed by atoms with Gasteiger partial charge in [-0.25, -0.2) is 4.98 Å². The second kappa shape index (κ2) is 8.79. The van der Waals surface area contributed by atoms with Gasteiger partial charge in [-0.2, -0.15) is 0 Å². The maximum Gasteiger partial charge on any atom is 0.276 e. The minimum Gasteiger partial charge on any atom is -0.337 e. The molecule has 1 aliphatic heterocycles. The van der Waals surface area contributed by atoms with Crippen LogP contribution in [-0.4, -0.2) is 56.8 Å². The zero-order valence-electron chi connectivity index (χ0n) is 16.8. The van der Waals surface area contributed by atoms with Gasteiger partial charge in [0.15, 0.2) is 5.13 Å². The van der Waals surface area contributed by atoms with Gasteiger partial charge in [0, 0.05) is 42.7 Å². The number of carbonyl (C=O) groups excluding carboxylic acids is 2. The van der Waals surface area contributed by atoms with E-state index in [4.69, 9.17) is 0 Å². The van der Waals surface area contributed by atoms with Crippen molar-refractivity contribution >= 4 is 28.3 Å². The molecule has 3 rings (SSSR count). The molecule has 1 N–H and O–H groups in total. The Balaban J connectivity index is 1.63. The van der Waals surface area contributed by atoms with Gasteiger partial charge in [0.2, 0.25) is 5.91 Å². The molecule has 28 heavy (non-hydrogen) atoms. The molecule has 7 nitrogen and oxygen atoms in total. The Morgan fingerprint density at radius 3 is 2.64 bits per heavy atom. The summed E-state index contributed by atoms with van der Waals surface area (Å²) in [6.07, 6.45) is 2.37. The smallest absolute Gasteiger partial charge is 0.276 e. The first-order valence-corrected chi connectivity index (χ1v) is 10.4. The van der Waals surface area contributed by atoms with E-state index in [1.165, 1.54) is 11.3 Å². The quantitative estimate of drug-likeness (QED) is 0.805. The Morgan fingerprint density at radius 1 is 1.25 bits per heavy atom. The van der Waals surface area contributed by atoms with Crippen molar-refractivity contribution in [2.45, 2.75) is 52.7 Å². The fourth-order valence-corrected chi connectivity index (χ4v) is 4.59. The average molecular weight is 402 g/mol. The minimum atomic E-state index is -0.261. The van der Waals surface area contributed by atoms with Crippen molar-refractivity contribution in [1.82, 2.24) is 19.8 Å². The predicted octanol–water partition coefficient (Wildman–Crippen LogP) is 2.79. The van der Waals surface area contributed by atoms with Gasteiger partial charge in [0.1, 0.15) is 5.69 Å². The third-order valence-corrected chi connectivity index (χ3v) is 5.69. The Morgan fingerprint density at radius 2 is 2.00 bits per heavy atom. The molecule has 0 saturated carbocycles. The number of carbonyl (C=O) groups is 2. The molecule has 1 aliphatic rings. The highest BCUT2D eigenvalue weighted by Gasteiger charge is 2.26. The Hall–Kier alpha value is -2.32. The van der Waals surface area contributed by atoms with Crippen molar-refractivity contribution in [2.75, 3.05) is 18.4 Å². The van der Waals surface area contributed by atoms with Crippen LogP contribution in [0.2, 0.25) is 0 Å². The zero-order valence-corrected chi connectivity index (χ0v) is 17.6. The van der Waals surface area contributed by atoms with Crippen LogP contribution in [0.1, 0.15) is 48.8 Å². The SMILES string of the molecule is CC(C)N(C(=O)CN1CCc2nc(NC(=O)c3ccccn3)sc2C1)C(C)C. The number of pyridine rings is 1. The van der Waals surface area contributed by atoms with Gasteiger partial charge in [0.05, 0.1) is 12.2 Å². The Bertz CT molecular complexity index is 826. The van der Waals surface area contributed by atoms with Crippen molar-refractivity contribution in [3.63, 3.8) is 0 Å². The largest absolute Gasteiger partial charge is 0.337 e. The second-order valence-electron chi connectivity index (χ2n) is 7.51. The van der Waals surface area contributed by atoms with E-state index < -0.39 is 0 Å². The molecule has 0 fully saturated rings. The van der Waals surface area contributed by atoms with E-state index in [0.717, 1.165) is 23.5 Å². The van der Waals surface area contributed by atoms with Crippen LogP contribution in [0.5, 0.6) is 0 Å². The summed E-state index contributed by atoms with van der Waals surface area (Å²) in [7, 11) is 0. The van der Waals surface area contributed by atoms with Gasteiger partial charge >= 0.3 is 0 Å². The molecule has 0 bridgehead atoms. The lowest BCUT2D eigenvalue weighted by atomic mass is 10.1. The van der Waals surface area contributed by atoms with E-state index in [0.29, 0.717) is 23.9 Å². The molecule has 2 amide bonds. The summed E-state index contributed by atoms with van der Waals surface area (Å²) in [6.45, 7) is 10.1. The normalized spacial score (nSPS) is 14.2. The molecule has 2 aromatic rings. The van der Waals surface area contributed by atoms with Crippen molar-refractivity contribution in [3.05, 3.63) is 40.7 Å². The molecule has 0 saturated heterocycles. The summed E-state index contributed by atoms with van der Waals surface area (Å²) >= 11 is 1.47. The lowest BCUT2D eigenvalue weighted by Crippen LogP contribution is -2.47. The first-order valence-electron chi connectivity index (χ1n) is 9.59. The lowest BCUT2D eigenvalue weighted by Gasteiger charge is -2.34.